The SMILES string of the molecule is CCCCOCC(=O)c1ccc(C)cc1C. The summed E-state index contributed by atoms with van der Waals surface area (Å²) >= 11 is 0. The van der Waals surface area contributed by atoms with Gasteiger partial charge in [0.05, 0.1) is 0 Å². The lowest BCUT2D eigenvalue weighted by Gasteiger charge is -2.06. The molecule has 2 heteroatoms. The number of carbonyl (C=O) groups excluding carboxylic acids is 1. The Morgan fingerprint density at radius 1 is 1.31 bits per heavy atom. The quantitative estimate of drug-likeness (QED) is 0.543. The largest absolute Gasteiger partial charge is 0.373 e. The maximum absolute atomic E-state index is 11.8. The Morgan fingerprint density at radius 2 is 2.06 bits per heavy atom. The van der Waals surface area contributed by atoms with Gasteiger partial charge in [-0.2, -0.15) is 0 Å². The van der Waals surface area contributed by atoms with E-state index >= 15 is 0 Å². The first-order valence-electron chi connectivity index (χ1n) is 5.83. The summed E-state index contributed by atoms with van der Waals surface area (Å²) < 4.78 is 5.33. The molecule has 0 spiro atoms. The molecule has 0 saturated carbocycles. The Balaban J connectivity index is 2.53. The minimum Gasteiger partial charge on any atom is -0.373 e. The summed E-state index contributed by atoms with van der Waals surface area (Å²) in [5.41, 5.74) is 2.99. The second-order valence-electron chi connectivity index (χ2n) is 4.15. The summed E-state index contributed by atoms with van der Waals surface area (Å²) in [4.78, 5) is 11.8. The van der Waals surface area contributed by atoms with Crippen LogP contribution in [0.15, 0.2) is 18.2 Å². The van der Waals surface area contributed by atoms with E-state index in [1.807, 2.05) is 32.0 Å². The minimum absolute atomic E-state index is 0.0774. The molecule has 0 atom stereocenters. The van der Waals surface area contributed by atoms with Crippen molar-refractivity contribution < 1.29 is 9.53 Å². The zero-order valence-electron chi connectivity index (χ0n) is 10.4. The number of hydrogen-bond acceptors (Lipinski definition) is 2. The molecule has 16 heavy (non-hydrogen) atoms. The van der Waals surface area contributed by atoms with Crippen LogP contribution in [0.5, 0.6) is 0 Å². The summed E-state index contributed by atoms with van der Waals surface area (Å²) in [7, 11) is 0. The third-order valence-electron chi connectivity index (χ3n) is 2.56. The lowest BCUT2D eigenvalue weighted by Crippen LogP contribution is -2.11. The van der Waals surface area contributed by atoms with Crippen molar-refractivity contribution in [3.05, 3.63) is 34.9 Å². The number of rotatable bonds is 6. The molecule has 0 heterocycles. The van der Waals surface area contributed by atoms with Crippen LogP contribution >= 0.6 is 0 Å². The van der Waals surface area contributed by atoms with Crippen LogP contribution in [0.1, 0.15) is 41.3 Å². The number of aryl methyl sites for hydroxylation is 2. The Morgan fingerprint density at radius 3 is 2.69 bits per heavy atom. The van der Waals surface area contributed by atoms with Gasteiger partial charge in [-0.25, -0.2) is 0 Å². The number of carbonyl (C=O) groups is 1. The molecule has 0 saturated heterocycles. The van der Waals surface area contributed by atoms with Gasteiger partial charge in [0.1, 0.15) is 6.61 Å². The summed E-state index contributed by atoms with van der Waals surface area (Å²) in [5.74, 6) is 0.0774. The van der Waals surface area contributed by atoms with Crippen molar-refractivity contribution in [3.8, 4) is 0 Å². The minimum atomic E-state index is 0.0774. The number of benzene rings is 1. The third-order valence-corrected chi connectivity index (χ3v) is 2.56. The van der Waals surface area contributed by atoms with Crippen molar-refractivity contribution in [2.75, 3.05) is 13.2 Å². The standard InChI is InChI=1S/C14H20O2/c1-4-5-8-16-10-14(15)13-7-6-11(2)9-12(13)3/h6-7,9H,4-5,8,10H2,1-3H3. The van der Waals surface area contributed by atoms with E-state index in [0.29, 0.717) is 6.61 Å². The van der Waals surface area contributed by atoms with Gasteiger partial charge in [-0.05, 0) is 25.8 Å². The van der Waals surface area contributed by atoms with E-state index < -0.39 is 0 Å². The van der Waals surface area contributed by atoms with Crippen LogP contribution in [0.2, 0.25) is 0 Å². The monoisotopic (exact) mass is 220 g/mol. The van der Waals surface area contributed by atoms with E-state index in [0.717, 1.165) is 24.0 Å². The van der Waals surface area contributed by atoms with Crippen LogP contribution in [0, 0.1) is 13.8 Å². The second kappa shape index (κ2) is 6.44. The summed E-state index contributed by atoms with van der Waals surface area (Å²) in [6.45, 7) is 6.97. The predicted octanol–water partition coefficient (Wildman–Crippen LogP) is 3.30. The maximum atomic E-state index is 11.8. The first kappa shape index (κ1) is 12.9. The Kier molecular flexibility index (Phi) is 5.20. The Labute approximate surface area is 97.6 Å². The first-order valence-corrected chi connectivity index (χ1v) is 5.83. The third kappa shape index (κ3) is 3.78. The number of ether oxygens (including phenoxy) is 1. The van der Waals surface area contributed by atoms with E-state index in [2.05, 4.69) is 6.92 Å². The number of unbranched alkanes of at least 4 members (excludes halogenated alkanes) is 1. The van der Waals surface area contributed by atoms with Gasteiger partial charge in [0.25, 0.3) is 0 Å². The zero-order valence-corrected chi connectivity index (χ0v) is 10.4. The molecule has 88 valence electrons. The van der Waals surface area contributed by atoms with Crippen LogP contribution in [0.4, 0.5) is 0 Å². The van der Waals surface area contributed by atoms with Gasteiger partial charge in [-0.15, -0.1) is 0 Å². The van der Waals surface area contributed by atoms with E-state index in [1.54, 1.807) is 0 Å². The molecule has 0 amide bonds. The van der Waals surface area contributed by atoms with Crippen LogP contribution in [-0.4, -0.2) is 19.0 Å². The van der Waals surface area contributed by atoms with Gasteiger partial charge in [-0.3, -0.25) is 4.79 Å². The van der Waals surface area contributed by atoms with Crippen LogP contribution in [0.3, 0.4) is 0 Å². The smallest absolute Gasteiger partial charge is 0.188 e. The van der Waals surface area contributed by atoms with Gasteiger partial charge >= 0.3 is 0 Å². The molecule has 0 fully saturated rings. The zero-order chi connectivity index (χ0) is 12.0. The number of ketones is 1. The van der Waals surface area contributed by atoms with E-state index in [4.69, 9.17) is 4.74 Å². The summed E-state index contributed by atoms with van der Waals surface area (Å²) in [6, 6.07) is 5.88. The van der Waals surface area contributed by atoms with E-state index in [9.17, 15) is 4.79 Å². The molecule has 1 rings (SSSR count). The highest BCUT2D eigenvalue weighted by Crippen LogP contribution is 2.11. The summed E-state index contributed by atoms with van der Waals surface area (Å²) in [5, 5.41) is 0. The van der Waals surface area contributed by atoms with E-state index in [-0.39, 0.29) is 12.4 Å². The average Bonchev–Trinajstić information content (AvgIpc) is 2.24. The lowest BCUT2D eigenvalue weighted by molar-refractivity contribution is 0.0754. The molecule has 0 radical (unpaired) electrons. The molecule has 0 bridgehead atoms. The molecule has 0 aliphatic rings. The second-order valence-corrected chi connectivity index (χ2v) is 4.15. The average molecular weight is 220 g/mol. The predicted molar refractivity (Wildman–Crippen MR) is 66.0 cm³/mol. The molecule has 0 aliphatic carbocycles. The van der Waals surface area contributed by atoms with Crippen molar-refractivity contribution >= 4 is 5.78 Å². The van der Waals surface area contributed by atoms with Gasteiger partial charge in [-0.1, -0.05) is 37.1 Å². The highest BCUT2D eigenvalue weighted by molar-refractivity contribution is 5.98. The van der Waals surface area contributed by atoms with E-state index in [1.165, 1.54) is 5.56 Å². The first-order chi connectivity index (χ1) is 7.65. The van der Waals surface area contributed by atoms with Crippen LogP contribution < -0.4 is 0 Å². The van der Waals surface area contributed by atoms with Crippen LogP contribution in [-0.2, 0) is 4.74 Å². The van der Waals surface area contributed by atoms with Crippen molar-refractivity contribution in [2.45, 2.75) is 33.6 Å². The van der Waals surface area contributed by atoms with Gasteiger partial charge in [0, 0.05) is 12.2 Å². The fourth-order valence-electron chi connectivity index (χ4n) is 1.62. The molecule has 0 N–H and O–H groups in total. The number of hydrogen-bond donors (Lipinski definition) is 0. The Hall–Kier alpha value is -1.15. The number of Topliss-reactive ketones (excluding diaryl/α,β-unsaturated/α-hetero) is 1. The summed E-state index contributed by atoms with van der Waals surface area (Å²) in [6.07, 6.45) is 2.11. The highest BCUT2D eigenvalue weighted by Gasteiger charge is 2.08. The van der Waals surface area contributed by atoms with Crippen molar-refractivity contribution in [1.29, 1.82) is 0 Å². The highest BCUT2D eigenvalue weighted by atomic mass is 16.5. The maximum Gasteiger partial charge on any atom is 0.188 e. The normalized spacial score (nSPS) is 10.4. The fourth-order valence-corrected chi connectivity index (χ4v) is 1.62. The lowest BCUT2D eigenvalue weighted by atomic mass is 10.0. The molecule has 1 aromatic carbocycles. The molecule has 2 nitrogen and oxygen atoms in total. The van der Waals surface area contributed by atoms with Crippen molar-refractivity contribution in [2.24, 2.45) is 0 Å². The fraction of sp³-hybridized carbons (Fsp3) is 0.500. The van der Waals surface area contributed by atoms with Gasteiger partial charge in [0.15, 0.2) is 5.78 Å². The van der Waals surface area contributed by atoms with Gasteiger partial charge < -0.3 is 4.74 Å². The van der Waals surface area contributed by atoms with Crippen molar-refractivity contribution in [1.82, 2.24) is 0 Å². The molecular weight excluding hydrogens is 200 g/mol. The van der Waals surface area contributed by atoms with Crippen molar-refractivity contribution in [3.63, 3.8) is 0 Å². The topological polar surface area (TPSA) is 26.3 Å². The molecule has 1 aromatic rings. The molecule has 0 aliphatic heterocycles. The molecule has 0 unspecified atom stereocenters. The molecule has 0 aromatic heterocycles. The molecular formula is C14H20O2. The van der Waals surface area contributed by atoms with Crippen LogP contribution in [0.25, 0.3) is 0 Å². The Bertz CT molecular complexity index is 356. The van der Waals surface area contributed by atoms with Gasteiger partial charge in [0.2, 0.25) is 0 Å².